The summed E-state index contributed by atoms with van der Waals surface area (Å²) in [6.07, 6.45) is 1.98. The van der Waals surface area contributed by atoms with Gasteiger partial charge in [0.25, 0.3) is 5.91 Å². The van der Waals surface area contributed by atoms with Crippen LogP contribution in [0.15, 0.2) is 15.2 Å². The molecule has 3 nitrogen and oxygen atoms in total. The quantitative estimate of drug-likeness (QED) is 0.870. The van der Waals surface area contributed by atoms with Gasteiger partial charge in [0.1, 0.15) is 0 Å². The molecule has 2 heterocycles. The SMILES string of the molecule is CC1(NC(=O)c2csc(Br)c2)CCNCC1.Cl. The van der Waals surface area contributed by atoms with Crippen LogP contribution in [-0.4, -0.2) is 24.5 Å². The van der Waals surface area contributed by atoms with Crippen LogP contribution >= 0.6 is 39.7 Å². The number of carbonyl (C=O) groups excluding carboxylic acids is 1. The van der Waals surface area contributed by atoms with E-state index < -0.39 is 0 Å². The number of carbonyl (C=O) groups is 1. The van der Waals surface area contributed by atoms with E-state index in [9.17, 15) is 4.79 Å². The second-order valence-corrected chi connectivity index (χ2v) is 6.69. The van der Waals surface area contributed by atoms with Crippen LogP contribution in [0.5, 0.6) is 0 Å². The number of hydrogen-bond acceptors (Lipinski definition) is 3. The third-order valence-corrected chi connectivity index (χ3v) is 4.46. The van der Waals surface area contributed by atoms with Crippen LogP contribution in [0.25, 0.3) is 0 Å². The minimum absolute atomic E-state index is 0. The van der Waals surface area contributed by atoms with Crippen molar-refractivity contribution in [2.24, 2.45) is 0 Å². The first kappa shape index (κ1) is 15.0. The van der Waals surface area contributed by atoms with Crippen LogP contribution < -0.4 is 10.6 Å². The van der Waals surface area contributed by atoms with Crippen molar-refractivity contribution in [1.29, 1.82) is 0 Å². The maximum Gasteiger partial charge on any atom is 0.252 e. The zero-order valence-electron chi connectivity index (χ0n) is 9.59. The molecule has 0 aliphatic carbocycles. The molecule has 0 radical (unpaired) electrons. The molecule has 1 fully saturated rings. The molecule has 2 N–H and O–H groups in total. The van der Waals surface area contributed by atoms with Crippen LogP contribution in [0, 0.1) is 0 Å². The van der Waals surface area contributed by atoms with Gasteiger partial charge in [-0.15, -0.1) is 23.7 Å². The fourth-order valence-corrected chi connectivity index (χ4v) is 3.02. The summed E-state index contributed by atoms with van der Waals surface area (Å²) in [7, 11) is 0. The minimum Gasteiger partial charge on any atom is -0.347 e. The lowest BCUT2D eigenvalue weighted by atomic mass is 9.90. The normalized spacial score (nSPS) is 18.2. The molecule has 96 valence electrons. The summed E-state index contributed by atoms with van der Waals surface area (Å²) in [4.78, 5) is 12.0. The number of piperidine rings is 1. The summed E-state index contributed by atoms with van der Waals surface area (Å²) in [5, 5.41) is 8.31. The van der Waals surface area contributed by atoms with Crippen LogP contribution in [0.2, 0.25) is 0 Å². The summed E-state index contributed by atoms with van der Waals surface area (Å²) in [5.41, 5.74) is 0.688. The summed E-state index contributed by atoms with van der Waals surface area (Å²) in [6, 6.07) is 1.87. The van der Waals surface area contributed by atoms with Gasteiger partial charge in [-0.1, -0.05) is 0 Å². The molecule has 0 saturated carbocycles. The Bertz CT molecular complexity index is 391. The second kappa shape index (κ2) is 6.18. The van der Waals surface area contributed by atoms with Gasteiger partial charge in [-0.25, -0.2) is 0 Å². The maximum atomic E-state index is 12.0. The van der Waals surface area contributed by atoms with Crippen molar-refractivity contribution in [1.82, 2.24) is 10.6 Å². The topological polar surface area (TPSA) is 41.1 Å². The molecule has 1 aliphatic rings. The monoisotopic (exact) mass is 338 g/mol. The molecule has 1 aliphatic heterocycles. The molecule has 1 saturated heterocycles. The Hall–Kier alpha value is -0.100. The number of rotatable bonds is 2. The van der Waals surface area contributed by atoms with Crippen molar-refractivity contribution < 1.29 is 4.79 Å². The highest BCUT2D eigenvalue weighted by molar-refractivity contribution is 9.11. The maximum absolute atomic E-state index is 12.0. The van der Waals surface area contributed by atoms with Gasteiger partial charge in [0.2, 0.25) is 0 Å². The predicted octanol–water partition coefficient (Wildman–Crippen LogP) is 2.80. The van der Waals surface area contributed by atoms with Gasteiger partial charge >= 0.3 is 0 Å². The van der Waals surface area contributed by atoms with Crippen molar-refractivity contribution >= 4 is 45.6 Å². The fourth-order valence-electron chi connectivity index (χ4n) is 1.88. The van der Waals surface area contributed by atoms with Crippen molar-refractivity contribution in [3.8, 4) is 0 Å². The van der Waals surface area contributed by atoms with Crippen molar-refractivity contribution in [2.45, 2.75) is 25.3 Å². The van der Waals surface area contributed by atoms with E-state index >= 15 is 0 Å². The lowest BCUT2D eigenvalue weighted by Gasteiger charge is -2.34. The molecule has 1 amide bonds. The molecule has 6 heteroatoms. The number of nitrogens with one attached hydrogen (secondary N) is 2. The van der Waals surface area contributed by atoms with Crippen molar-refractivity contribution in [3.63, 3.8) is 0 Å². The molecule has 2 rings (SSSR count). The first-order valence-electron chi connectivity index (χ1n) is 5.36. The molecule has 1 aromatic rings. The highest BCUT2D eigenvalue weighted by Gasteiger charge is 2.28. The standard InChI is InChI=1S/C11H15BrN2OS.ClH/c1-11(2-4-13-5-3-11)14-10(15)8-6-9(12)16-7-8;/h6-7,13H,2-5H2,1H3,(H,14,15);1H. The van der Waals surface area contributed by atoms with E-state index in [0.29, 0.717) is 0 Å². The zero-order valence-corrected chi connectivity index (χ0v) is 12.8. The number of hydrogen-bond donors (Lipinski definition) is 2. The summed E-state index contributed by atoms with van der Waals surface area (Å²) < 4.78 is 0.994. The molecular formula is C11H16BrClN2OS. The second-order valence-electron chi connectivity index (χ2n) is 4.40. The van der Waals surface area contributed by atoms with Crippen molar-refractivity contribution in [3.05, 3.63) is 20.8 Å². The molecule has 0 aromatic carbocycles. The largest absolute Gasteiger partial charge is 0.347 e. The summed E-state index contributed by atoms with van der Waals surface area (Å²) >= 11 is 4.90. The highest BCUT2D eigenvalue weighted by atomic mass is 79.9. The van der Waals surface area contributed by atoms with Crippen molar-refractivity contribution in [2.75, 3.05) is 13.1 Å². The van der Waals surface area contributed by atoms with E-state index in [4.69, 9.17) is 0 Å². The third-order valence-electron chi connectivity index (χ3n) is 2.95. The Morgan fingerprint density at radius 3 is 2.71 bits per heavy atom. The third kappa shape index (κ3) is 3.95. The minimum atomic E-state index is -0.0588. The van der Waals surface area contributed by atoms with E-state index in [1.807, 2.05) is 11.4 Å². The summed E-state index contributed by atoms with van der Waals surface area (Å²) in [6.45, 7) is 4.07. The molecule has 0 spiro atoms. The Kier molecular flexibility index (Phi) is 5.44. The van der Waals surface area contributed by atoms with Gasteiger partial charge in [0, 0.05) is 10.9 Å². The van der Waals surface area contributed by atoms with E-state index in [1.54, 1.807) is 0 Å². The van der Waals surface area contributed by atoms with Crippen LogP contribution in [-0.2, 0) is 0 Å². The van der Waals surface area contributed by atoms with Gasteiger partial charge < -0.3 is 10.6 Å². The van der Waals surface area contributed by atoms with Gasteiger partial charge in [-0.05, 0) is 54.9 Å². The average Bonchev–Trinajstić information content (AvgIpc) is 2.65. The Morgan fingerprint density at radius 1 is 1.53 bits per heavy atom. The average molecular weight is 340 g/mol. The van der Waals surface area contributed by atoms with Gasteiger partial charge in [0.05, 0.1) is 9.35 Å². The molecule has 0 bridgehead atoms. The molecular weight excluding hydrogens is 324 g/mol. The molecule has 1 aromatic heterocycles. The highest BCUT2D eigenvalue weighted by Crippen LogP contribution is 2.22. The first-order chi connectivity index (χ1) is 7.59. The van der Waals surface area contributed by atoms with Gasteiger partial charge in [-0.3, -0.25) is 4.79 Å². The molecule has 0 unspecified atom stereocenters. The zero-order chi connectivity index (χ0) is 11.6. The van der Waals surface area contributed by atoms with Gasteiger partial charge in [0.15, 0.2) is 0 Å². The smallest absolute Gasteiger partial charge is 0.252 e. The summed E-state index contributed by atoms with van der Waals surface area (Å²) in [5.74, 6) is 0.0337. The predicted molar refractivity (Wildman–Crippen MR) is 77.2 cm³/mol. The first-order valence-corrected chi connectivity index (χ1v) is 7.04. The van der Waals surface area contributed by atoms with Crippen LogP contribution in [0.3, 0.4) is 0 Å². The van der Waals surface area contributed by atoms with Crippen LogP contribution in [0.4, 0.5) is 0 Å². The Balaban J connectivity index is 0.00000144. The lowest BCUT2D eigenvalue weighted by molar-refractivity contribution is 0.0888. The number of halogens is 2. The van der Waals surface area contributed by atoms with Gasteiger partial charge in [-0.2, -0.15) is 0 Å². The van der Waals surface area contributed by atoms with Crippen LogP contribution in [0.1, 0.15) is 30.1 Å². The number of amides is 1. The lowest BCUT2D eigenvalue weighted by Crippen LogP contribution is -2.52. The Labute approximate surface area is 120 Å². The number of thiophene rings is 1. The van der Waals surface area contributed by atoms with E-state index in [0.717, 1.165) is 35.3 Å². The molecule has 0 atom stereocenters. The Morgan fingerprint density at radius 2 is 2.18 bits per heavy atom. The van der Waals surface area contributed by atoms with E-state index in [1.165, 1.54) is 11.3 Å². The van der Waals surface area contributed by atoms with E-state index in [2.05, 4.69) is 33.5 Å². The fraction of sp³-hybridized carbons (Fsp3) is 0.545. The molecule has 17 heavy (non-hydrogen) atoms. The van der Waals surface area contributed by atoms with E-state index in [-0.39, 0.29) is 23.9 Å².